The zero-order chi connectivity index (χ0) is 14.3. The fourth-order valence-corrected chi connectivity index (χ4v) is 1.00. The average Bonchev–Trinajstić information content (AvgIpc) is 2.26. The van der Waals surface area contributed by atoms with Gasteiger partial charge in [0, 0.05) is 14.1 Å². The van der Waals surface area contributed by atoms with Crippen molar-refractivity contribution in [3.05, 3.63) is 0 Å². The van der Waals surface area contributed by atoms with Crippen LogP contribution in [0.2, 0.25) is 0 Å². The van der Waals surface area contributed by atoms with Gasteiger partial charge in [0.05, 0.1) is 6.42 Å². The maximum absolute atomic E-state index is 11.5. The van der Waals surface area contributed by atoms with Crippen molar-refractivity contribution in [1.29, 1.82) is 0 Å². The maximum atomic E-state index is 11.5. The minimum atomic E-state index is -1.54. The number of carbonyl (C=O) groups excluding carboxylic acids is 2. The van der Waals surface area contributed by atoms with Crippen LogP contribution in [0.4, 0.5) is 4.79 Å². The molecule has 9 nitrogen and oxygen atoms in total. The van der Waals surface area contributed by atoms with E-state index in [1.54, 1.807) is 0 Å². The van der Waals surface area contributed by atoms with Gasteiger partial charge in [-0.3, -0.25) is 9.59 Å². The second-order valence-electron chi connectivity index (χ2n) is 3.47. The van der Waals surface area contributed by atoms with E-state index in [0.717, 1.165) is 4.90 Å². The van der Waals surface area contributed by atoms with Gasteiger partial charge in [0.25, 0.3) is 0 Å². The number of rotatable bonds is 6. The summed E-state index contributed by atoms with van der Waals surface area (Å²) in [5.41, 5.74) is 0. The van der Waals surface area contributed by atoms with Gasteiger partial charge in [-0.25, -0.2) is 9.59 Å². The number of likely N-dealkylation sites (N-methyl/N-ethyl adjacent to an activating group) is 2. The number of amides is 3. The summed E-state index contributed by atoms with van der Waals surface area (Å²) < 4.78 is 0. The van der Waals surface area contributed by atoms with Crippen LogP contribution in [0.5, 0.6) is 0 Å². The van der Waals surface area contributed by atoms with Gasteiger partial charge in [0.1, 0.15) is 12.6 Å². The van der Waals surface area contributed by atoms with Gasteiger partial charge in [-0.15, -0.1) is 0 Å². The molecule has 0 fully saturated rings. The number of urea groups is 1. The summed E-state index contributed by atoms with van der Waals surface area (Å²) in [7, 11) is 2.67. The van der Waals surface area contributed by atoms with Gasteiger partial charge in [-0.2, -0.15) is 0 Å². The quantitative estimate of drug-likeness (QED) is 0.450. The zero-order valence-electron chi connectivity index (χ0n) is 9.97. The highest BCUT2D eigenvalue weighted by Crippen LogP contribution is 1.95. The molecule has 0 aliphatic carbocycles. The number of carbonyl (C=O) groups is 4. The number of nitrogens with one attached hydrogen (secondary N) is 2. The minimum absolute atomic E-state index is 0.262. The number of hydrogen-bond acceptors (Lipinski definition) is 4. The molecule has 0 saturated heterocycles. The van der Waals surface area contributed by atoms with Crippen molar-refractivity contribution >= 4 is 23.9 Å². The normalized spacial score (nSPS) is 11.2. The molecule has 0 aliphatic rings. The molecule has 18 heavy (non-hydrogen) atoms. The molecule has 9 heteroatoms. The lowest BCUT2D eigenvalue weighted by molar-refractivity contribution is -0.145. The molecule has 0 bridgehead atoms. The van der Waals surface area contributed by atoms with Gasteiger partial charge < -0.3 is 25.7 Å². The van der Waals surface area contributed by atoms with Gasteiger partial charge in [-0.05, 0) is 0 Å². The van der Waals surface area contributed by atoms with Crippen LogP contribution in [0.3, 0.4) is 0 Å². The second-order valence-corrected chi connectivity index (χ2v) is 3.47. The van der Waals surface area contributed by atoms with Gasteiger partial charge in [-0.1, -0.05) is 0 Å². The molecule has 0 spiro atoms. The second kappa shape index (κ2) is 7.09. The van der Waals surface area contributed by atoms with Crippen LogP contribution in [-0.2, 0) is 14.4 Å². The molecular weight excluding hydrogens is 246 g/mol. The largest absolute Gasteiger partial charge is 0.481 e. The molecule has 1 atom stereocenters. The summed E-state index contributed by atoms with van der Waals surface area (Å²) in [4.78, 5) is 44.5. The summed E-state index contributed by atoms with van der Waals surface area (Å²) in [5, 5.41) is 21.5. The Morgan fingerprint density at radius 3 is 2.17 bits per heavy atom. The summed E-state index contributed by atoms with van der Waals surface area (Å²) in [6, 6.07) is -2.38. The van der Waals surface area contributed by atoms with Crippen LogP contribution >= 0.6 is 0 Å². The molecule has 3 amide bonds. The van der Waals surface area contributed by atoms with E-state index in [0.29, 0.717) is 0 Å². The molecule has 0 rings (SSSR count). The van der Waals surface area contributed by atoms with Gasteiger partial charge in [0.15, 0.2) is 0 Å². The van der Waals surface area contributed by atoms with E-state index in [9.17, 15) is 19.2 Å². The van der Waals surface area contributed by atoms with Crippen LogP contribution in [-0.4, -0.2) is 65.7 Å². The molecule has 0 aromatic carbocycles. The van der Waals surface area contributed by atoms with E-state index < -0.39 is 36.3 Å². The Bertz CT molecular complexity index is 356. The topological polar surface area (TPSA) is 136 Å². The van der Waals surface area contributed by atoms with E-state index in [2.05, 4.69) is 5.32 Å². The van der Waals surface area contributed by atoms with Crippen molar-refractivity contribution in [2.75, 3.05) is 20.6 Å². The maximum Gasteiger partial charge on any atom is 0.326 e. The Kier molecular flexibility index (Phi) is 6.18. The molecule has 0 saturated carbocycles. The van der Waals surface area contributed by atoms with E-state index >= 15 is 0 Å². The Labute approximate surface area is 103 Å². The van der Waals surface area contributed by atoms with Crippen LogP contribution in [0.25, 0.3) is 0 Å². The summed E-state index contributed by atoms with van der Waals surface area (Å²) in [5.74, 6) is -3.24. The van der Waals surface area contributed by atoms with E-state index in [-0.39, 0.29) is 6.54 Å². The SMILES string of the molecule is CNC(=O)CN(C)C(=O)N[C@@H](CC(=O)O)C(=O)O. The van der Waals surface area contributed by atoms with Gasteiger partial charge >= 0.3 is 18.0 Å². The molecule has 0 aliphatic heterocycles. The molecule has 0 radical (unpaired) electrons. The molecule has 0 aromatic heterocycles. The Hall–Kier alpha value is -2.32. The van der Waals surface area contributed by atoms with Crippen molar-refractivity contribution < 1.29 is 29.4 Å². The third-order valence-corrected chi connectivity index (χ3v) is 1.98. The Morgan fingerprint density at radius 1 is 1.22 bits per heavy atom. The molecule has 0 aromatic rings. The monoisotopic (exact) mass is 261 g/mol. The Morgan fingerprint density at radius 2 is 1.78 bits per heavy atom. The highest BCUT2D eigenvalue weighted by atomic mass is 16.4. The molecule has 0 unspecified atom stereocenters. The molecule has 102 valence electrons. The first-order chi connectivity index (χ1) is 8.27. The van der Waals surface area contributed by atoms with Gasteiger partial charge in [0.2, 0.25) is 5.91 Å². The molecule has 4 N–H and O–H groups in total. The van der Waals surface area contributed by atoms with Crippen molar-refractivity contribution in [2.45, 2.75) is 12.5 Å². The summed E-state index contributed by atoms with van der Waals surface area (Å²) in [6.45, 7) is -0.262. The predicted molar refractivity (Wildman–Crippen MR) is 58.9 cm³/mol. The first-order valence-electron chi connectivity index (χ1n) is 4.94. The predicted octanol–water partition coefficient (Wildman–Crippen LogP) is -1.70. The number of aliphatic carboxylic acids is 2. The standard InChI is InChI=1S/C9H15N3O6/c1-10-6(13)4-12(2)9(18)11-5(8(16)17)3-7(14)15/h5H,3-4H2,1-2H3,(H,10,13)(H,11,18)(H,14,15)(H,16,17)/t5-/m0/s1. The number of carboxylic acids is 2. The van der Waals surface area contributed by atoms with E-state index in [1.165, 1.54) is 14.1 Å². The smallest absolute Gasteiger partial charge is 0.326 e. The van der Waals surface area contributed by atoms with Crippen molar-refractivity contribution in [3.63, 3.8) is 0 Å². The number of hydrogen-bond donors (Lipinski definition) is 4. The van der Waals surface area contributed by atoms with E-state index in [1.807, 2.05) is 5.32 Å². The van der Waals surface area contributed by atoms with Crippen LogP contribution in [0, 0.1) is 0 Å². The number of nitrogens with zero attached hydrogens (tertiary/aromatic N) is 1. The van der Waals surface area contributed by atoms with Crippen LogP contribution < -0.4 is 10.6 Å². The molecular formula is C9H15N3O6. The fraction of sp³-hybridized carbons (Fsp3) is 0.556. The van der Waals surface area contributed by atoms with Crippen molar-refractivity contribution in [3.8, 4) is 0 Å². The average molecular weight is 261 g/mol. The summed E-state index contributed by atoms with van der Waals surface area (Å²) >= 11 is 0. The van der Waals surface area contributed by atoms with Crippen molar-refractivity contribution in [1.82, 2.24) is 15.5 Å². The highest BCUT2D eigenvalue weighted by molar-refractivity contribution is 5.88. The lowest BCUT2D eigenvalue weighted by Crippen LogP contribution is -2.49. The Balaban J connectivity index is 4.45. The van der Waals surface area contributed by atoms with Crippen LogP contribution in [0.1, 0.15) is 6.42 Å². The van der Waals surface area contributed by atoms with Crippen molar-refractivity contribution in [2.24, 2.45) is 0 Å². The minimum Gasteiger partial charge on any atom is -0.481 e. The lowest BCUT2D eigenvalue weighted by atomic mass is 10.2. The fourth-order valence-electron chi connectivity index (χ4n) is 1.00. The third-order valence-electron chi connectivity index (χ3n) is 1.98. The first kappa shape index (κ1) is 15.7. The first-order valence-corrected chi connectivity index (χ1v) is 4.94. The highest BCUT2D eigenvalue weighted by Gasteiger charge is 2.24. The summed E-state index contributed by atoms with van der Waals surface area (Å²) in [6.07, 6.45) is -0.741. The third kappa shape index (κ3) is 5.68. The van der Waals surface area contributed by atoms with Crippen LogP contribution in [0.15, 0.2) is 0 Å². The number of carboxylic acid groups (broad SMARTS) is 2. The zero-order valence-corrected chi connectivity index (χ0v) is 9.97. The lowest BCUT2D eigenvalue weighted by Gasteiger charge is -2.19. The van der Waals surface area contributed by atoms with E-state index in [4.69, 9.17) is 10.2 Å². The molecule has 0 heterocycles.